The summed E-state index contributed by atoms with van der Waals surface area (Å²) in [5.41, 5.74) is 5.97. The topological polar surface area (TPSA) is 55.0 Å². The molecule has 1 heterocycles. The maximum Gasteiger partial charge on any atom is 0.144 e. The van der Waals surface area contributed by atoms with Gasteiger partial charge >= 0.3 is 0 Å². The van der Waals surface area contributed by atoms with E-state index in [4.69, 9.17) is 5.73 Å². The standard InChI is InChI=1S/C12H22N4/c1-12(2,3)6-8-16(4)9-11-14-7-5-10(13)15-11/h5,7H,6,8-9H2,1-4H3,(H2,13,14,15). The molecule has 0 aliphatic heterocycles. The van der Waals surface area contributed by atoms with Crippen LogP contribution in [0.2, 0.25) is 0 Å². The summed E-state index contributed by atoms with van der Waals surface area (Å²) in [4.78, 5) is 10.6. The van der Waals surface area contributed by atoms with Crippen LogP contribution in [0.3, 0.4) is 0 Å². The van der Waals surface area contributed by atoms with Gasteiger partial charge in [-0.15, -0.1) is 0 Å². The molecule has 0 radical (unpaired) electrons. The minimum Gasteiger partial charge on any atom is -0.384 e. The number of nitrogens with zero attached hydrogens (tertiary/aromatic N) is 3. The monoisotopic (exact) mass is 222 g/mol. The van der Waals surface area contributed by atoms with Crippen molar-refractivity contribution in [1.82, 2.24) is 14.9 Å². The van der Waals surface area contributed by atoms with Crippen molar-refractivity contribution in [3.8, 4) is 0 Å². The molecule has 0 fully saturated rings. The fourth-order valence-corrected chi connectivity index (χ4v) is 1.34. The summed E-state index contributed by atoms with van der Waals surface area (Å²) >= 11 is 0. The largest absolute Gasteiger partial charge is 0.384 e. The van der Waals surface area contributed by atoms with Gasteiger partial charge in [0, 0.05) is 6.20 Å². The Hall–Kier alpha value is -1.16. The molecule has 1 aromatic rings. The molecule has 0 spiro atoms. The average molecular weight is 222 g/mol. The molecule has 0 aliphatic rings. The Labute approximate surface area is 97.9 Å². The predicted octanol–water partition coefficient (Wildman–Crippen LogP) is 1.93. The van der Waals surface area contributed by atoms with Crippen LogP contribution < -0.4 is 5.73 Å². The van der Waals surface area contributed by atoms with Crippen LogP contribution in [0.15, 0.2) is 12.3 Å². The van der Waals surface area contributed by atoms with Crippen molar-refractivity contribution < 1.29 is 0 Å². The van der Waals surface area contributed by atoms with Gasteiger partial charge in [-0.1, -0.05) is 20.8 Å². The molecule has 1 aromatic heterocycles. The Balaban J connectivity index is 2.43. The van der Waals surface area contributed by atoms with Crippen molar-refractivity contribution >= 4 is 5.82 Å². The summed E-state index contributed by atoms with van der Waals surface area (Å²) in [5.74, 6) is 1.32. The maximum absolute atomic E-state index is 5.61. The third kappa shape index (κ3) is 5.07. The summed E-state index contributed by atoms with van der Waals surface area (Å²) in [6.45, 7) is 8.54. The summed E-state index contributed by atoms with van der Waals surface area (Å²) in [5, 5.41) is 0. The van der Waals surface area contributed by atoms with Gasteiger partial charge in [-0.2, -0.15) is 0 Å². The van der Waals surface area contributed by atoms with E-state index in [9.17, 15) is 0 Å². The Bertz CT molecular complexity index is 330. The van der Waals surface area contributed by atoms with E-state index in [0.717, 1.165) is 25.3 Å². The molecule has 4 heteroatoms. The SMILES string of the molecule is CN(CCC(C)(C)C)Cc1nccc(N)n1. The molecule has 1 rings (SSSR count). The smallest absolute Gasteiger partial charge is 0.144 e. The molecule has 0 atom stereocenters. The van der Waals surface area contributed by atoms with Gasteiger partial charge in [0.1, 0.15) is 11.6 Å². The van der Waals surface area contributed by atoms with E-state index in [1.165, 1.54) is 0 Å². The first-order chi connectivity index (χ1) is 7.37. The number of hydrogen-bond acceptors (Lipinski definition) is 4. The molecular formula is C12H22N4. The Morgan fingerprint density at radius 3 is 2.62 bits per heavy atom. The zero-order chi connectivity index (χ0) is 12.2. The van der Waals surface area contributed by atoms with Crippen LogP contribution in [-0.4, -0.2) is 28.5 Å². The predicted molar refractivity (Wildman–Crippen MR) is 66.9 cm³/mol. The van der Waals surface area contributed by atoms with E-state index in [2.05, 4.69) is 42.7 Å². The maximum atomic E-state index is 5.61. The lowest BCUT2D eigenvalue weighted by molar-refractivity contribution is 0.254. The van der Waals surface area contributed by atoms with E-state index in [1.54, 1.807) is 12.3 Å². The first kappa shape index (κ1) is 12.9. The van der Waals surface area contributed by atoms with E-state index in [1.807, 2.05) is 0 Å². The second-order valence-corrected chi connectivity index (χ2v) is 5.45. The van der Waals surface area contributed by atoms with E-state index in [0.29, 0.717) is 11.2 Å². The van der Waals surface area contributed by atoms with Gasteiger partial charge in [-0.3, -0.25) is 4.90 Å². The minimum absolute atomic E-state index is 0.366. The molecule has 4 nitrogen and oxygen atoms in total. The Morgan fingerprint density at radius 1 is 1.38 bits per heavy atom. The average Bonchev–Trinajstić information content (AvgIpc) is 2.14. The number of nitrogens with two attached hydrogens (primary N) is 1. The van der Waals surface area contributed by atoms with Gasteiger partial charge < -0.3 is 5.73 Å². The number of anilines is 1. The van der Waals surface area contributed by atoms with Crippen LogP contribution in [0.4, 0.5) is 5.82 Å². The molecule has 16 heavy (non-hydrogen) atoms. The highest BCUT2D eigenvalue weighted by Crippen LogP contribution is 2.18. The van der Waals surface area contributed by atoms with Gasteiger partial charge in [0.25, 0.3) is 0 Å². The van der Waals surface area contributed by atoms with E-state index >= 15 is 0 Å². The van der Waals surface area contributed by atoms with Gasteiger partial charge in [-0.25, -0.2) is 9.97 Å². The molecular weight excluding hydrogens is 200 g/mol. The molecule has 2 N–H and O–H groups in total. The molecule has 90 valence electrons. The lowest BCUT2D eigenvalue weighted by atomic mass is 9.92. The third-order valence-corrected chi connectivity index (χ3v) is 2.38. The number of rotatable bonds is 4. The first-order valence-corrected chi connectivity index (χ1v) is 5.63. The second-order valence-electron chi connectivity index (χ2n) is 5.45. The van der Waals surface area contributed by atoms with Crippen LogP contribution in [0.5, 0.6) is 0 Å². The summed E-state index contributed by atoms with van der Waals surface area (Å²) in [6, 6.07) is 1.71. The Kier molecular flexibility index (Phi) is 4.24. The fraction of sp³-hybridized carbons (Fsp3) is 0.667. The Morgan fingerprint density at radius 2 is 2.06 bits per heavy atom. The molecule has 0 unspecified atom stereocenters. The van der Waals surface area contributed by atoms with Gasteiger partial charge in [-0.05, 0) is 31.5 Å². The summed E-state index contributed by atoms with van der Waals surface area (Å²) in [7, 11) is 2.08. The number of hydrogen-bond donors (Lipinski definition) is 1. The van der Waals surface area contributed by atoms with Crippen molar-refractivity contribution in [1.29, 1.82) is 0 Å². The van der Waals surface area contributed by atoms with Crippen LogP contribution in [-0.2, 0) is 6.54 Å². The normalized spacial score (nSPS) is 12.1. The third-order valence-electron chi connectivity index (χ3n) is 2.38. The highest BCUT2D eigenvalue weighted by Gasteiger charge is 2.12. The molecule has 0 saturated carbocycles. The zero-order valence-corrected chi connectivity index (χ0v) is 10.7. The minimum atomic E-state index is 0.366. The molecule has 0 amide bonds. The summed E-state index contributed by atoms with van der Waals surface area (Å²) < 4.78 is 0. The van der Waals surface area contributed by atoms with Crippen molar-refractivity contribution in [3.05, 3.63) is 18.1 Å². The highest BCUT2D eigenvalue weighted by molar-refractivity contribution is 5.24. The molecule has 0 aliphatic carbocycles. The van der Waals surface area contributed by atoms with Crippen molar-refractivity contribution in [2.24, 2.45) is 5.41 Å². The highest BCUT2D eigenvalue weighted by atomic mass is 15.1. The summed E-state index contributed by atoms with van der Waals surface area (Å²) in [6.07, 6.45) is 2.86. The van der Waals surface area contributed by atoms with Crippen LogP contribution in [0, 0.1) is 5.41 Å². The van der Waals surface area contributed by atoms with Crippen molar-refractivity contribution in [2.75, 3.05) is 19.3 Å². The number of nitrogen functional groups attached to an aromatic ring is 1. The van der Waals surface area contributed by atoms with E-state index < -0.39 is 0 Å². The first-order valence-electron chi connectivity index (χ1n) is 5.63. The van der Waals surface area contributed by atoms with Crippen molar-refractivity contribution in [3.63, 3.8) is 0 Å². The van der Waals surface area contributed by atoms with Gasteiger partial charge in [0.15, 0.2) is 0 Å². The zero-order valence-electron chi connectivity index (χ0n) is 10.7. The van der Waals surface area contributed by atoms with E-state index in [-0.39, 0.29) is 0 Å². The fourth-order valence-electron chi connectivity index (χ4n) is 1.34. The molecule has 0 bridgehead atoms. The van der Waals surface area contributed by atoms with Gasteiger partial charge in [0.2, 0.25) is 0 Å². The van der Waals surface area contributed by atoms with Crippen molar-refractivity contribution in [2.45, 2.75) is 33.7 Å². The lowest BCUT2D eigenvalue weighted by Gasteiger charge is -2.22. The quantitative estimate of drug-likeness (QED) is 0.845. The van der Waals surface area contributed by atoms with Crippen LogP contribution >= 0.6 is 0 Å². The number of aromatic nitrogens is 2. The molecule has 0 saturated heterocycles. The lowest BCUT2D eigenvalue weighted by Crippen LogP contribution is -2.24. The van der Waals surface area contributed by atoms with Gasteiger partial charge in [0.05, 0.1) is 6.54 Å². The molecule has 0 aromatic carbocycles. The van der Waals surface area contributed by atoms with Crippen LogP contribution in [0.1, 0.15) is 33.0 Å². The van der Waals surface area contributed by atoms with Crippen LogP contribution in [0.25, 0.3) is 0 Å². The second kappa shape index (κ2) is 5.25.